The van der Waals surface area contributed by atoms with Gasteiger partial charge in [0.1, 0.15) is 12.6 Å². The predicted molar refractivity (Wildman–Crippen MR) is 182 cm³/mol. The van der Waals surface area contributed by atoms with Crippen molar-refractivity contribution in [3.63, 3.8) is 0 Å². The van der Waals surface area contributed by atoms with Crippen LogP contribution in [0.3, 0.4) is 0 Å². The van der Waals surface area contributed by atoms with Gasteiger partial charge >= 0.3 is 0 Å². The van der Waals surface area contributed by atoms with Gasteiger partial charge < -0.3 is 23.8 Å². The van der Waals surface area contributed by atoms with Crippen LogP contribution in [0, 0.1) is 0 Å². The van der Waals surface area contributed by atoms with Crippen LogP contribution in [0.4, 0.5) is 0 Å². The first-order valence-corrected chi connectivity index (χ1v) is 18.4. The highest BCUT2D eigenvalue weighted by Crippen LogP contribution is 2.14. The summed E-state index contributed by atoms with van der Waals surface area (Å²) in [4.78, 5) is 21.0. The minimum atomic E-state index is -0.415. The average Bonchev–Trinajstić information content (AvgIpc) is 3.01. The fourth-order valence-corrected chi connectivity index (χ4v) is 5.03. The first-order valence-electron chi connectivity index (χ1n) is 18.4. The van der Waals surface area contributed by atoms with Crippen LogP contribution in [0.15, 0.2) is 24.3 Å². The summed E-state index contributed by atoms with van der Waals surface area (Å²) in [6.07, 6.45) is 39.4. The van der Waals surface area contributed by atoms with Crippen molar-refractivity contribution in [2.75, 3.05) is 13.2 Å². The van der Waals surface area contributed by atoms with E-state index in [1.807, 2.05) is 0 Å². The molecule has 0 bridgehead atoms. The Hall–Kier alpha value is -1.30. The molecule has 0 radical (unpaired) electrons. The Morgan fingerprint density at radius 3 is 1.12 bits per heavy atom. The van der Waals surface area contributed by atoms with Gasteiger partial charge in [0.25, 0.3) is 0 Å². The summed E-state index contributed by atoms with van der Waals surface area (Å²) in [5.41, 5.74) is 0. The molecule has 0 aromatic rings. The summed E-state index contributed by atoms with van der Waals surface area (Å²) in [5, 5.41) is 0. The molecule has 2 unspecified atom stereocenters. The maximum Gasteiger partial charge on any atom is 0.180 e. The molecule has 0 N–H and O–H groups in total. The third-order valence-corrected chi connectivity index (χ3v) is 7.80. The lowest BCUT2D eigenvalue weighted by Crippen LogP contribution is -2.25. The van der Waals surface area contributed by atoms with Gasteiger partial charge in [0.05, 0.1) is 13.2 Å². The number of aldehydes is 2. The lowest BCUT2D eigenvalue weighted by Gasteiger charge is -2.22. The zero-order valence-electron chi connectivity index (χ0n) is 28.5. The molecule has 0 spiro atoms. The number of ether oxygens (including phenoxy) is 3. The third-order valence-electron chi connectivity index (χ3n) is 7.80. The normalized spacial score (nSPS) is 13.3. The number of carbonyl (C=O) groups is 2. The summed E-state index contributed by atoms with van der Waals surface area (Å²) in [6.45, 7) is 5.91. The summed E-state index contributed by atoms with van der Waals surface area (Å²) >= 11 is 0. The molecule has 5 nitrogen and oxygen atoms in total. The SMILES string of the molecule is CCCCCCCCCOC(C=CCCCCCCC=O)OC(C=CCCCCCCC=O)OCCCCCCCCC. The summed E-state index contributed by atoms with van der Waals surface area (Å²) in [7, 11) is 0. The molecule has 2 atom stereocenters. The molecule has 0 amide bonds. The topological polar surface area (TPSA) is 61.8 Å². The Kier molecular flexibility index (Phi) is 35.8. The van der Waals surface area contributed by atoms with Crippen molar-refractivity contribution in [2.24, 2.45) is 0 Å². The molecule has 5 heteroatoms. The van der Waals surface area contributed by atoms with Crippen molar-refractivity contribution in [1.82, 2.24) is 0 Å². The molecule has 0 saturated heterocycles. The molecule has 43 heavy (non-hydrogen) atoms. The number of unbranched alkanes of at least 4 members (excludes halogenated alkanes) is 22. The molecule has 0 heterocycles. The van der Waals surface area contributed by atoms with E-state index in [0.29, 0.717) is 26.1 Å². The summed E-state index contributed by atoms with van der Waals surface area (Å²) in [6, 6.07) is 0. The van der Waals surface area contributed by atoms with E-state index in [1.165, 1.54) is 77.0 Å². The van der Waals surface area contributed by atoms with Crippen molar-refractivity contribution >= 4 is 12.6 Å². The second kappa shape index (κ2) is 36.9. The third kappa shape index (κ3) is 33.4. The minimum absolute atomic E-state index is 0.415. The molecule has 0 aromatic carbocycles. The van der Waals surface area contributed by atoms with Gasteiger partial charge in [-0.05, 0) is 63.5 Å². The fourth-order valence-electron chi connectivity index (χ4n) is 5.03. The molecule has 0 aliphatic carbocycles. The number of allylic oxidation sites excluding steroid dienone is 2. The molecular weight excluding hydrogens is 536 g/mol. The van der Waals surface area contributed by atoms with Crippen LogP contribution in [0.25, 0.3) is 0 Å². The van der Waals surface area contributed by atoms with E-state index in [4.69, 9.17) is 14.2 Å². The van der Waals surface area contributed by atoms with Crippen LogP contribution in [0.1, 0.15) is 181 Å². The second-order valence-corrected chi connectivity index (χ2v) is 12.0. The molecule has 0 fully saturated rings. The van der Waals surface area contributed by atoms with Crippen LogP contribution in [0.5, 0.6) is 0 Å². The van der Waals surface area contributed by atoms with Crippen LogP contribution < -0.4 is 0 Å². The Labute approximate surface area is 267 Å². The largest absolute Gasteiger partial charge is 0.349 e. The quantitative estimate of drug-likeness (QED) is 0.0307. The van der Waals surface area contributed by atoms with E-state index in [-0.39, 0.29) is 0 Å². The van der Waals surface area contributed by atoms with E-state index in [0.717, 1.165) is 89.6 Å². The maximum atomic E-state index is 10.5. The predicted octanol–water partition coefficient (Wildman–Crippen LogP) is 11.4. The number of carbonyl (C=O) groups excluding carboxylic acids is 2. The van der Waals surface area contributed by atoms with Crippen molar-refractivity contribution < 1.29 is 23.8 Å². The van der Waals surface area contributed by atoms with E-state index >= 15 is 0 Å². The van der Waals surface area contributed by atoms with Gasteiger partial charge in [0, 0.05) is 12.8 Å². The van der Waals surface area contributed by atoms with Gasteiger partial charge in [-0.1, -0.05) is 129 Å². The van der Waals surface area contributed by atoms with Crippen LogP contribution >= 0.6 is 0 Å². The standard InChI is InChI=1S/C38H70O5/c1-3-5-7-9-17-23-29-35-41-37(31-25-19-13-11-15-21-27-33-39)43-38(32-26-20-14-12-16-22-28-34-40)42-36-30-24-18-10-8-6-4-2/h25-26,31-34,37-38H,3-24,27-30,35-36H2,1-2H3. The van der Waals surface area contributed by atoms with Gasteiger partial charge in [0.2, 0.25) is 0 Å². The monoisotopic (exact) mass is 607 g/mol. The molecule has 0 aromatic heterocycles. The molecule has 0 aliphatic rings. The van der Waals surface area contributed by atoms with Crippen LogP contribution in [-0.4, -0.2) is 38.4 Å². The van der Waals surface area contributed by atoms with E-state index in [1.54, 1.807) is 0 Å². The van der Waals surface area contributed by atoms with Crippen LogP contribution in [-0.2, 0) is 23.8 Å². The molecular formula is C38H70O5. The smallest absolute Gasteiger partial charge is 0.180 e. The molecule has 0 saturated carbocycles. The fraction of sp³-hybridized carbons (Fsp3) is 0.842. The minimum Gasteiger partial charge on any atom is -0.349 e. The molecule has 252 valence electrons. The van der Waals surface area contributed by atoms with Crippen molar-refractivity contribution in [1.29, 1.82) is 0 Å². The number of hydrogen-bond acceptors (Lipinski definition) is 5. The van der Waals surface area contributed by atoms with Crippen LogP contribution in [0.2, 0.25) is 0 Å². The van der Waals surface area contributed by atoms with Gasteiger partial charge in [-0.3, -0.25) is 0 Å². The Bertz CT molecular complexity index is 565. The highest BCUT2D eigenvalue weighted by Gasteiger charge is 2.13. The van der Waals surface area contributed by atoms with Gasteiger partial charge in [0.15, 0.2) is 12.6 Å². The van der Waals surface area contributed by atoms with Crippen molar-refractivity contribution in [2.45, 2.75) is 193 Å². The lowest BCUT2D eigenvalue weighted by molar-refractivity contribution is -0.208. The van der Waals surface area contributed by atoms with Gasteiger partial charge in [-0.2, -0.15) is 0 Å². The van der Waals surface area contributed by atoms with Crippen molar-refractivity contribution in [3.05, 3.63) is 24.3 Å². The first kappa shape index (κ1) is 41.7. The Morgan fingerprint density at radius 1 is 0.419 bits per heavy atom. The van der Waals surface area contributed by atoms with Gasteiger partial charge in [-0.15, -0.1) is 0 Å². The molecule has 0 aliphatic heterocycles. The number of hydrogen-bond donors (Lipinski definition) is 0. The summed E-state index contributed by atoms with van der Waals surface area (Å²) in [5.74, 6) is 0. The summed E-state index contributed by atoms with van der Waals surface area (Å²) < 4.78 is 18.9. The second-order valence-electron chi connectivity index (χ2n) is 12.0. The highest BCUT2D eigenvalue weighted by molar-refractivity contribution is 5.49. The molecule has 0 rings (SSSR count). The van der Waals surface area contributed by atoms with Gasteiger partial charge in [-0.25, -0.2) is 0 Å². The van der Waals surface area contributed by atoms with E-state index < -0.39 is 12.6 Å². The van der Waals surface area contributed by atoms with E-state index in [2.05, 4.69) is 38.2 Å². The highest BCUT2D eigenvalue weighted by atomic mass is 16.8. The zero-order valence-corrected chi connectivity index (χ0v) is 28.5. The zero-order chi connectivity index (χ0) is 31.3. The Morgan fingerprint density at radius 2 is 0.744 bits per heavy atom. The maximum absolute atomic E-state index is 10.5. The first-order chi connectivity index (χ1) is 21.3. The van der Waals surface area contributed by atoms with Crippen molar-refractivity contribution in [3.8, 4) is 0 Å². The number of rotatable bonds is 36. The lowest BCUT2D eigenvalue weighted by atomic mass is 10.1. The van der Waals surface area contributed by atoms with E-state index in [9.17, 15) is 9.59 Å². The Balaban J connectivity index is 4.88. The average molecular weight is 607 g/mol.